The SMILES string of the molecule is CCCCNC(=O)[C@@H](Cc1ccccc1)N(Cc1ccc(Cl)cc1Cl)C(=O)CN(c1cc(Cl)ccc1OC)S(=O)(=O)c1ccc(C)cc1. The second kappa shape index (κ2) is 17.1. The van der Waals surface area contributed by atoms with Crippen LogP contribution in [0.5, 0.6) is 5.75 Å². The van der Waals surface area contributed by atoms with Gasteiger partial charge in [-0.15, -0.1) is 0 Å². The van der Waals surface area contributed by atoms with Gasteiger partial charge >= 0.3 is 0 Å². The molecule has 0 aliphatic carbocycles. The van der Waals surface area contributed by atoms with Gasteiger partial charge in [0, 0.05) is 34.6 Å². The number of benzene rings is 4. The van der Waals surface area contributed by atoms with Gasteiger partial charge in [-0.05, 0) is 66.9 Å². The van der Waals surface area contributed by atoms with E-state index < -0.39 is 28.5 Å². The van der Waals surface area contributed by atoms with Gasteiger partial charge in [0.05, 0.1) is 17.7 Å². The van der Waals surface area contributed by atoms with Crippen molar-refractivity contribution in [2.45, 2.75) is 50.6 Å². The summed E-state index contributed by atoms with van der Waals surface area (Å²) in [6.07, 6.45) is 1.78. The van der Waals surface area contributed by atoms with Gasteiger partial charge in [-0.1, -0.05) is 102 Å². The maximum atomic E-state index is 14.7. The zero-order valence-corrected chi connectivity index (χ0v) is 30.0. The summed E-state index contributed by atoms with van der Waals surface area (Å²) >= 11 is 19.1. The fourth-order valence-corrected chi connectivity index (χ4v) is 7.15. The Kier molecular flexibility index (Phi) is 13.2. The largest absolute Gasteiger partial charge is 0.495 e. The van der Waals surface area contributed by atoms with E-state index in [2.05, 4.69) is 5.32 Å². The van der Waals surface area contributed by atoms with E-state index in [0.717, 1.165) is 28.3 Å². The second-order valence-electron chi connectivity index (χ2n) is 11.2. The van der Waals surface area contributed by atoms with E-state index in [4.69, 9.17) is 39.5 Å². The first-order valence-corrected chi connectivity index (χ1v) is 18.0. The minimum Gasteiger partial charge on any atom is -0.495 e. The van der Waals surface area contributed by atoms with Crippen LogP contribution in [0.25, 0.3) is 0 Å². The first kappa shape index (κ1) is 37.1. The summed E-state index contributed by atoms with van der Waals surface area (Å²) in [5, 5.41) is 3.91. The zero-order valence-electron chi connectivity index (χ0n) is 27.0. The zero-order chi connectivity index (χ0) is 34.8. The number of hydrogen-bond acceptors (Lipinski definition) is 5. The third-order valence-corrected chi connectivity index (χ3v) is 10.3. The number of hydrogen-bond donors (Lipinski definition) is 1. The number of anilines is 1. The quantitative estimate of drug-likeness (QED) is 0.127. The number of nitrogens with one attached hydrogen (secondary N) is 1. The van der Waals surface area contributed by atoms with Crippen molar-refractivity contribution in [3.05, 3.63) is 123 Å². The summed E-state index contributed by atoms with van der Waals surface area (Å²) in [6.45, 7) is 3.50. The molecule has 1 atom stereocenters. The molecule has 0 saturated heterocycles. The predicted molar refractivity (Wildman–Crippen MR) is 193 cm³/mol. The number of amides is 2. The number of rotatable bonds is 15. The highest BCUT2D eigenvalue weighted by molar-refractivity contribution is 7.92. The summed E-state index contributed by atoms with van der Waals surface area (Å²) in [5.74, 6) is -0.836. The molecule has 4 aromatic carbocycles. The molecule has 0 saturated carbocycles. The summed E-state index contributed by atoms with van der Waals surface area (Å²) in [5.41, 5.74) is 2.27. The highest BCUT2D eigenvalue weighted by Crippen LogP contribution is 2.35. The fourth-order valence-electron chi connectivity index (χ4n) is 5.10. The standard InChI is InChI=1S/C36H38Cl3N3O5S/c1-4-5-19-40-36(44)33(20-26-9-7-6-8-10-26)41(23-27-13-14-28(37)21-31(27)39)35(43)24-42(32-22-29(38)15-18-34(32)47-3)48(45,46)30-16-11-25(2)12-17-30/h6-18,21-22,33H,4-5,19-20,23-24H2,1-3H3,(H,40,44)/t33-/m1/s1. The van der Waals surface area contributed by atoms with Crippen molar-refractivity contribution in [3.8, 4) is 5.75 Å². The molecule has 0 aliphatic heterocycles. The molecule has 0 aliphatic rings. The molecule has 48 heavy (non-hydrogen) atoms. The first-order chi connectivity index (χ1) is 22.9. The number of ether oxygens (including phenoxy) is 1. The molecule has 4 rings (SSSR count). The van der Waals surface area contributed by atoms with Crippen LogP contribution >= 0.6 is 34.8 Å². The molecular weight excluding hydrogens is 693 g/mol. The van der Waals surface area contributed by atoms with Crippen molar-refractivity contribution in [1.82, 2.24) is 10.2 Å². The predicted octanol–water partition coefficient (Wildman–Crippen LogP) is 7.72. The topological polar surface area (TPSA) is 96.0 Å². The van der Waals surface area contributed by atoms with Gasteiger partial charge in [-0.2, -0.15) is 0 Å². The lowest BCUT2D eigenvalue weighted by Crippen LogP contribution is -2.53. The Morgan fingerprint density at radius 2 is 1.56 bits per heavy atom. The van der Waals surface area contributed by atoms with E-state index in [9.17, 15) is 18.0 Å². The monoisotopic (exact) mass is 729 g/mol. The van der Waals surface area contributed by atoms with Crippen LogP contribution in [0.4, 0.5) is 5.69 Å². The van der Waals surface area contributed by atoms with Gasteiger partial charge in [0.1, 0.15) is 18.3 Å². The lowest BCUT2D eigenvalue weighted by Gasteiger charge is -2.34. The second-order valence-corrected chi connectivity index (χ2v) is 14.4. The average Bonchev–Trinajstić information content (AvgIpc) is 3.06. The molecule has 0 radical (unpaired) electrons. The lowest BCUT2D eigenvalue weighted by atomic mass is 10.0. The molecule has 8 nitrogen and oxygen atoms in total. The van der Waals surface area contributed by atoms with Crippen molar-refractivity contribution in [3.63, 3.8) is 0 Å². The number of nitrogens with zero attached hydrogens (tertiary/aromatic N) is 2. The van der Waals surface area contributed by atoms with E-state index in [1.165, 1.54) is 36.3 Å². The summed E-state index contributed by atoms with van der Waals surface area (Å²) in [6, 6.07) is 24.0. The van der Waals surface area contributed by atoms with Crippen LogP contribution in [-0.2, 0) is 32.6 Å². The molecule has 0 fully saturated rings. The lowest BCUT2D eigenvalue weighted by molar-refractivity contribution is -0.140. The van der Waals surface area contributed by atoms with E-state index >= 15 is 0 Å². The Labute approximate surface area is 297 Å². The number of halogens is 3. The van der Waals surface area contributed by atoms with Crippen LogP contribution in [0.3, 0.4) is 0 Å². The highest BCUT2D eigenvalue weighted by Gasteiger charge is 2.36. The minimum atomic E-state index is -4.35. The van der Waals surface area contributed by atoms with Crippen molar-refractivity contribution in [2.75, 3.05) is 24.5 Å². The molecule has 0 bridgehead atoms. The Morgan fingerprint density at radius 3 is 2.21 bits per heavy atom. The molecule has 1 N–H and O–H groups in total. The first-order valence-electron chi connectivity index (χ1n) is 15.4. The van der Waals surface area contributed by atoms with Gasteiger partial charge in [0.15, 0.2) is 0 Å². The fraction of sp³-hybridized carbons (Fsp3) is 0.278. The Balaban J connectivity index is 1.86. The van der Waals surface area contributed by atoms with Crippen molar-refractivity contribution >= 4 is 62.3 Å². The molecular formula is C36H38Cl3N3O5S. The van der Waals surface area contributed by atoms with Gasteiger partial charge in [-0.25, -0.2) is 8.42 Å². The van der Waals surface area contributed by atoms with Crippen molar-refractivity contribution in [2.24, 2.45) is 0 Å². The Hall–Kier alpha value is -3.76. The van der Waals surface area contributed by atoms with E-state index in [-0.39, 0.29) is 40.2 Å². The molecule has 0 heterocycles. The maximum absolute atomic E-state index is 14.7. The Morgan fingerprint density at radius 1 is 0.896 bits per heavy atom. The van der Waals surface area contributed by atoms with E-state index in [1.54, 1.807) is 36.4 Å². The third-order valence-electron chi connectivity index (χ3n) is 7.75. The third kappa shape index (κ3) is 9.44. The molecule has 4 aromatic rings. The molecule has 0 spiro atoms. The van der Waals surface area contributed by atoms with Crippen LogP contribution in [0.2, 0.25) is 15.1 Å². The van der Waals surface area contributed by atoms with Gasteiger partial charge in [-0.3, -0.25) is 13.9 Å². The van der Waals surface area contributed by atoms with Crippen LogP contribution in [0.1, 0.15) is 36.5 Å². The number of carbonyl (C=O) groups excluding carboxylic acids is 2. The maximum Gasteiger partial charge on any atom is 0.264 e. The number of methoxy groups -OCH3 is 1. The minimum absolute atomic E-state index is 0.0339. The van der Waals surface area contributed by atoms with Crippen molar-refractivity contribution in [1.29, 1.82) is 0 Å². The van der Waals surface area contributed by atoms with Gasteiger partial charge in [0.25, 0.3) is 10.0 Å². The number of aryl methyl sites for hydroxylation is 1. The smallest absolute Gasteiger partial charge is 0.264 e. The van der Waals surface area contributed by atoms with Gasteiger partial charge in [0.2, 0.25) is 11.8 Å². The van der Waals surface area contributed by atoms with Crippen molar-refractivity contribution < 1.29 is 22.7 Å². The van der Waals surface area contributed by atoms with E-state index in [1.807, 2.05) is 44.2 Å². The summed E-state index contributed by atoms with van der Waals surface area (Å²) < 4.78 is 35.2. The number of carbonyl (C=O) groups is 2. The highest BCUT2D eigenvalue weighted by atomic mass is 35.5. The molecule has 0 aromatic heterocycles. The number of sulfonamides is 1. The van der Waals surface area contributed by atoms with Gasteiger partial charge < -0.3 is 15.0 Å². The normalized spacial score (nSPS) is 11.9. The molecule has 0 unspecified atom stereocenters. The molecule has 12 heteroatoms. The molecule has 254 valence electrons. The summed E-state index contributed by atoms with van der Waals surface area (Å²) in [4.78, 5) is 29.9. The van der Waals surface area contributed by atoms with Crippen LogP contribution in [0, 0.1) is 6.92 Å². The average molecular weight is 731 g/mol. The van der Waals surface area contributed by atoms with E-state index in [0.29, 0.717) is 22.2 Å². The van der Waals surface area contributed by atoms with Crippen LogP contribution in [-0.4, -0.2) is 51.4 Å². The van der Waals surface area contributed by atoms with Crippen LogP contribution < -0.4 is 14.4 Å². The molecule has 2 amide bonds. The Bertz CT molecular complexity index is 1820. The number of unbranched alkanes of at least 4 members (excludes halogenated alkanes) is 1. The summed E-state index contributed by atoms with van der Waals surface area (Å²) in [7, 11) is -2.96. The van der Waals surface area contributed by atoms with Crippen LogP contribution in [0.15, 0.2) is 95.9 Å².